The van der Waals surface area contributed by atoms with Crippen molar-refractivity contribution < 1.29 is 9.72 Å². The topological polar surface area (TPSA) is 72.2 Å². The number of non-ortho nitro benzene ring substituents is 1. The van der Waals surface area contributed by atoms with Gasteiger partial charge in [0.25, 0.3) is 5.69 Å². The number of anilines is 1. The number of carbonyl (C=O) groups is 1. The Bertz CT molecular complexity index is 392. The first-order valence-electron chi connectivity index (χ1n) is 3.82. The van der Waals surface area contributed by atoms with Crippen molar-refractivity contribution >= 4 is 30.6 Å². The number of hydrogen-bond acceptors (Lipinski definition) is 3. The van der Waals surface area contributed by atoms with Crippen molar-refractivity contribution in [2.24, 2.45) is 0 Å². The maximum absolute atomic E-state index is 10.7. The molecule has 14 heavy (non-hydrogen) atoms. The van der Waals surface area contributed by atoms with Crippen LogP contribution >= 0.6 is 0 Å². The zero-order valence-corrected chi connectivity index (χ0v) is 7.48. The second-order valence-corrected chi connectivity index (χ2v) is 2.71. The van der Waals surface area contributed by atoms with E-state index in [4.69, 9.17) is 7.85 Å². The molecule has 1 N–H and O–H groups in total. The lowest BCUT2D eigenvalue weighted by Crippen LogP contribution is -2.16. The number of nitro groups is 1. The molecule has 1 amide bonds. The Morgan fingerprint density at radius 1 is 1.57 bits per heavy atom. The van der Waals surface area contributed by atoms with Crippen molar-refractivity contribution in [1.29, 1.82) is 0 Å². The Hall–Kier alpha value is -1.85. The molecule has 70 valence electrons. The van der Waals surface area contributed by atoms with Crippen molar-refractivity contribution in [3.8, 4) is 0 Å². The van der Waals surface area contributed by atoms with E-state index < -0.39 is 4.92 Å². The summed E-state index contributed by atoms with van der Waals surface area (Å²) in [6.07, 6.45) is 0. The fourth-order valence-corrected chi connectivity index (χ4v) is 0.956. The highest BCUT2D eigenvalue weighted by Gasteiger charge is 2.08. The van der Waals surface area contributed by atoms with Crippen LogP contribution in [0.5, 0.6) is 0 Å². The Morgan fingerprint density at radius 3 is 2.71 bits per heavy atom. The number of nitrogens with one attached hydrogen (secondary N) is 1. The lowest BCUT2D eigenvalue weighted by molar-refractivity contribution is -0.384. The number of amides is 1. The molecular formula is C8H7BN2O3. The van der Waals surface area contributed by atoms with Gasteiger partial charge >= 0.3 is 0 Å². The normalized spacial score (nSPS) is 9.50. The summed E-state index contributed by atoms with van der Waals surface area (Å²) in [5, 5.41) is 12.8. The van der Waals surface area contributed by atoms with Gasteiger partial charge < -0.3 is 5.32 Å². The molecule has 0 saturated heterocycles. The highest BCUT2D eigenvalue weighted by Crippen LogP contribution is 2.14. The molecule has 0 unspecified atom stereocenters. The molecule has 5 nitrogen and oxygen atoms in total. The standard InChI is InChI=1S/C8H7BN2O3/c1-5(12)10-8-4-6(11(13)14)2-3-7(8)9/h2-4H,1H3,(H,10,12). The maximum atomic E-state index is 10.7. The number of hydrogen-bond donors (Lipinski definition) is 1. The highest BCUT2D eigenvalue weighted by atomic mass is 16.6. The smallest absolute Gasteiger partial charge is 0.271 e. The van der Waals surface area contributed by atoms with E-state index in [1.165, 1.54) is 25.1 Å². The summed E-state index contributed by atoms with van der Waals surface area (Å²) in [6.45, 7) is 1.30. The van der Waals surface area contributed by atoms with E-state index in [0.29, 0.717) is 5.46 Å². The van der Waals surface area contributed by atoms with Crippen LogP contribution in [0.3, 0.4) is 0 Å². The minimum Gasteiger partial charge on any atom is -0.327 e. The summed E-state index contributed by atoms with van der Waals surface area (Å²) in [6, 6.07) is 3.88. The van der Waals surface area contributed by atoms with Gasteiger partial charge in [0.15, 0.2) is 0 Å². The largest absolute Gasteiger partial charge is 0.327 e. The van der Waals surface area contributed by atoms with Crippen molar-refractivity contribution in [1.82, 2.24) is 0 Å². The van der Waals surface area contributed by atoms with Crippen LogP contribution in [0.2, 0.25) is 0 Å². The van der Waals surface area contributed by atoms with Gasteiger partial charge in [0.1, 0.15) is 7.85 Å². The molecule has 0 bridgehead atoms. The third-order valence-electron chi connectivity index (χ3n) is 1.56. The van der Waals surface area contributed by atoms with E-state index in [1.807, 2.05) is 0 Å². The summed E-state index contributed by atoms with van der Waals surface area (Å²) in [5.41, 5.74) is 0.445. The first-order chi connectivity index (χ1) is 6.50. The quantitative estimate of drug-likeness (QED) is 0.415. The Morgan fingerprint density at radius 2 is 2.21 bits per heavy atom. The van der Waals surface area contributed by atoms with Crippen molar-refractivity contribution in [3.63, 3.8) is 0 Å². The molecule has 0 spiro atoms. The zero-order chi connectivity index (χ0) is 10.7. The third kappa shape index (κ3) is 2.32. The fourth-order valence-electron chi connectivity index (χ4n) is 0.956. The minimum absolute atomic E-state index is 0.108. The Labute approximate surface area is 81.7 Å². The van der Waals surface area contributed by atoms with Crippen molar-refractivity contribution in [2.75, 3.05) is 5.32 Å². The second kappa shape index (κ2) is 3.91. The van der Waals surface area contributed by atoms with Gasteiger partial charge in [-0.2, -0.15) is 0 Å². The zero-order valence-electron chi connectivity index (χ0n) is 7.48. The van der Waals surface area contributed by atoms with E-state index in [9.17, 15) is 14.9 Å². The van der Waals surface area contributed by atoms with E-state index in [-0.39, 0.29) is 17.3 Å². The number of nitro benzene ring substituents is 1. The molecule has 0 heterocycles. The van der Waals surface area contributed by atoms with E-state index in [0.717, 1.165) is 0 Å². The summed E-state index contributed by atoms with van der Waals surface area (Å²) < 4.78 is 0. The number of rotatable bonds is 2. The fraction of sp³-hybridized carbons (Fsp3) is 0.125. The molecule has 0 aliphatic carbocycles. The van der Waals surface area contributed by atoms with Gasteiger partial charge in [-0.25, -0.2) is 0 Å². The molecule has 1 aromatic carbocycles. The van der Waals surface area contributed by atoms with Crippen molar-refractivity contribution in [2.45, 2.75) is 6.92 Å². The number of carbonyl (C=O) groups excluding carboxylic acids is 1. The predicted molar refractivity (Wildman–Crippen MR) is 52.8 cm³/mol. The molecule has 0 aliphatic heterocycles. The predicted octanol–water partition coefficient (Wildman–Crippen LogP) is 0.347. The average Bonchev–Trinajstić information content (AvgIpc) is 2.07. The van der Waals surface area contributed by atoms with Gasteiger partial charge in [0.05, 0.1) is 4.92 Å². The first-order valence-corrected chi connectivity index (χ1v) is 3.82. The Kier molecular flexibility index (Phi) is 2.86. The summed E-state index contributed by atoms with van der Waals surface area (Å²) >= 11 is 0. The van der Waals surface area contributed by atoms with Gasteiger partial charge in [-0.05, 0) is 0 Å². The molecule has 6 heteroatoms. The average molecular weight is 190 g/mol. The summed E-state index contributed by atoms with van der Waals surface area (Å²) in [7, 11) is 5.50. The third-order valence-corrected chi connectivity index (χ3v) is 1.56. The van der Waals surface area contributed by atoms with Crippen LogP contribution in [-0.4, -0.2) is 18.7 Å². The molecule has 2 radical (unpaired) electrons. The van der Waals surface area contributed by atoms with Gasteiger partial charge in [-0.3, -0.25) is 14.9 Å². The van der Waals surface area contributed by atoms with Crippen LogP contribution in [0.25, 0.3) is 0 Å². The van der Waals surface area contributed by atoms with Crippen LogP contribution in [0, 0.1) is 10.1 Å². The van der Waals surface area contributed by atoms with Gasteiger partial charge in [0.2, 0.25) is 5.91 Å². The molecule has 0 saturated carbocycles. The van der Waals surface area contributed by atoms with E-state index >= 15 is 0 Å². The highest BCUT2D eigenvalue weighted by molar-refractivity contribution is 6.36. The van der Waals surface area contributed by atoms with Gasteiger partial charge in [-0.15, -0.1) is 0 Å². The van der Waals surface area contributed by atoms with Crippen LogP contribution in [0.4, 0.5) is 11.4 Å². The van der Waals surface area contributed by atoms with E-state index in [2.05, 4.69) is 5.32 Å². The number of nitrogens with zero attached hydrogens (tertiary/aromatic N) is 1. The summed E-state index contributed by atoms with van der Waals surface area (Å²) in [4.78, 5) is 20.6. The van der Waals surface area contributed by atoms with Gasteiger partial charge in [0, 0.05) is 24.7 Å². The van der Waals surface area contributed by atoms with Crippen LogP contribution in [0.1, 0.15) is 6.92 Å². The SMILES string of the molecule is [B]c1ccc([N+](=O)[O-])cc1NC(C)=O. The molecule has 0 atom stereocenters. The monoisotopic (exact) mass is 190 g/mol. The van der Waals surface area contributed by atoms with Crippen molar-refractivity contribution in [3.05, 3.63) is 28.3 Å². The van der Waals surface area contributed by atoms with Gasteiger partial charge in [-0.1, -0.05) is 11.5 Å². The van der Waals surface area contributed by atoms with E-state index in [1.54, 1.807) is 0 Å². The minimum atomic E-state index is -0.551. The lowest BCUT2D eigenvalue weighted by atomic mass is 9.93. The molecule has 0 aromatic heterocycles. The van der Waals surface area contributed by atoms with Crippen LogP contribution in [0.15, 0.2) is 18.2 Å². The maximum Gasteiger partial charge on any atom is 0.271 e. The lowest BCUT2D eigenvalue weighted by Gasteiger charge is -2.05. The molecule has 0 aliphatic rings. The molecular weight excluding hydrogens is 183 g/mol. The molecule has 1 rings (SSSR count). The summed E-state index contributed by atoms with van der Waals surface area (Å²) in [5.74, 6) is -0.322. The molecule has 0 fully saturated rings. The van der Waals surface area contributed by atoms with Crippen LogP contribution in [-0.2, 0) is 4.79 Å². The second-order valence-electron chi connectivity index (χ2n) is 2.71. The van der Waals surface area contributed by atoms with Crippen LogP contribution < -0.4 is 10.8 Å². The number of benzene rings is 1. The Balaban J connectivity index is 3.08. The first kappa shape index (κ1) is 10.2. The molecule has 1 aromatic rings.